The molecule has 0 saturated heterocycles. The van der Waals surface area contributed by atoms with E-state index in [9.17, 15) is 44.7 Å². The van der Waals surface area contributed by atoms with Crippen molar-refractivity contribution in [3.8, 4) is 0 Å². The summed E-state index contributed by atoms with van der Waals surface area (Å²) in [5.74, 6) is -9.81. The van der Waals surface area contributed by atoms with Gasteiger partial charge in [0.25, 0.3) is 5.91 Å². The molecule has 214 valence electrons. The summed E-state index contributed by atoms with van der Waals surface area (Å²) in [6.07, 6.45) is -10.7. The standard InChI is InChI=1S/C24H23F9N4O2/c25-15(26)9-13(20(38)34-10-24(31,32)33)12-1-2-14-18(16(12)27)36-19(35-14)17(37-21(39)22(28)7-8-22)11-3-5-23(29,30)6-4-11/h1-2,11,13,15H,3-10H2,(H,34,38)(H,35,36)/t13-/m0/s1. The maximum Gasteiger partial charge on any atom is 0.405 e. The van der Waals surface area contributed by atoms with Crippen molar-refractivity contribution in [3.63, 3.8) is 0 Å². The van der Waals surface area contributed by atoms with E-state index in [1.807, 2.05) is 0 Å². The number of nitrogens with zero attached hydrogens (tertiary/aromatic N) is 2. The third-order valence-corrected chi connectivity index (χ3v) is 6.83. The minimum atomic E-state index is -4.83. The van der Waals surface area contributed by atoms with Crippen LogP contribution in [0.2, 0.25) is 0 Å². The highest BCUT2D eigenvalue weighted by Crippen LogP contribution is 2.42. The maximum atomic E-state index is 15.5. The van der Waals surface area contributed by atoms with Crippen LogP contribution in [0.5, 0.6) is 0 Å². The number of hydrogen-bond donors (Lipinski definition) is 2. The van der Waals surface area contributed by atoms with Crippen molar-refractivity contribution in [2.75, 3.05) is 6.54 Å². The number of rotatable bonds is 8. The molecule has 1 heterocycles. The lowest BCUT2D eigenvalue weighted by Gasteiger charge is -2.28. The first kappa shape index (κ1) is 28.9. The second kappa shape index (κ2) is 10.5. The minimum Gasteiger partial charge on any atom is -0.346 e. The lowest BCUT2D eigenvalue weighted by Crippen LogP contribution is -2.37. The van der Waals surface area contributed by atoms with Gasteiger partial charge in [-0.1, -0.05) is 6.07 Å². The number of aromatic nitrogens is 2. The van der Waals surface area contributed by atoms with Crippen LogP contribution < -0.4 is 5.32 Å². The molecule has 2 fully saturated rings. The molecule has 0 spiro atoms. The van der Waals surface area contributed by atoms with Crippen LogP contribution in [0.25, 0.3) is 11.0 Å². The average molecular weight is 570 g/mol. The monoisotopic (exact) mass is 570 g/mol. The van der Waals surface area contributed by atoms with Gasteiger partial charge >= 0.3 is 6.18 Å². The van der Waals surface area contributed by atoms with E-state index in [0.717, 1.165) is 12.1 Å². The summed E-state index contributed by atoms with van der Waals surface area (Å²) in [5, 5.41) is 1.47. The summed E-state index contributed by atoms with van der Waals surface area (Å²) < 4.78 is 121. The third-order valence-electron chi connectivity index (χ3n) is 6.83. The molecule has 4 rings (SSSR count). The summed E-state index contributed by atoms with van der Waals surface area (Å²) in [5.41, 5.74) is -3.55. The molecule has 0 bridgehead atoms. The largest absolute Gasteiger partial charge is 0.405 e. The Morgan fingerprint density at radius 1 is 1.10 bits per heavy atom. The smallest absolute Gasteiger partial charge is 0.346 e. The first-order valence-electron chi connectivity index (χ1n) is 12.1. The molecule has 39 heavy (non-hydrogen) atoms. The zero-order chi connectivity index (χ0) is 28.8. The average Bonchev–Trinajstić information content (AvgIpc) is 3.44. The molecule has 0 unspecified atom stereocenters. The zero-order valence-corrected chi connectivity index (χ0v) is 20.2. The number of imidazole rings is 1. The number of halogens is 9. The Kier molecular flexibility index (Phi) is 7.74. The van der Waals surface area contributed by atoms with Crippen LogP contribution in [0.4, 0.5) is 39.5 Å². The van der Waals surface area contributed by atoms with Crippen molar-refractivity contribution in [2.45, 2.75) is 75.1 Å². The Balaban J connectivity index is 1.71. The fourth-order valence-corrected chi connectivity index (χ4v) is 4.50. The van der Waals surface area contributed by atoms with E-state index >= 15 is 4.39 Å². The molecule has 6 nitrogen and oxygen atoms in total. The summed E-state index contributed by atoms with van der Waals surface area (Å²) in [4.78, 5) is 35.2. The number of H-pyrrole nitrogens is 1. The molecule has 0 aliphatic heterocycles. The van der Waals surface area contributed by atoms with E-state index in [4.69, 9.17) is 0 Å². The number of aromatic amines is 1. The van der Waals surface area contributed by atoms with E-state index in [2.05, 4.69) is 15.0 Å². The molecule has 2 N–H and O–H groups in total. The molecule has 1 atom stereocenters. The number of alkyl halides is 8. The molecule has 0 radical (unpaired) electrons. The van der Waals surface area contributed by atoms with Crippen LogP contribution in [-0.4, -0.2) is 58.2 Å². The Bertz CT molecular complexity index is 1270. The Morgan fingerprint density at radius 3 is 2.31 bits per heavy atom. The molecule has 2 aromatic rings. The number of carbonyl (C=O) groups excluding carboxylic acids is 2. The quantitative estimate of drug-likeness (QED) is 0.313. The van der Waals surface area contributed by atoms with Gasteiger partial charge in [0.2, 0.25) is 18.3 Å². The first-order chi connectivity index (χ1) is 18.1. The van der Waals surface area contributed by atoms with Crippen LogP contribution >= 0.6 is 0 Å². The van der Waals surface area contributed by atoms with Gasteiger partial charge in [-0.05, 0) is 31.7 Å². The molecule has 1 aromatic heterocycles. The fourth-order valence-electron chi connectivity index (χ4n) is 4.50. The Morgan fingerprint density at radius 2 is 1.74 bits per heavy atom. The van der Waals surface area contributed by atoms with Crippen molar-refractivity contribution in [1.29, 1.82) is 0 Å². The van der Waals surface area contributed by atoms with E-state index in [1.165, 1.54) is 5.32 Å². The van der Waals surface area contributed by atoms with Crippen LogP contribution in [0, 0.1) is 11.7 Å². The molecular formula is C24H23F9N4O2. The van der Waals surface area contributed by atoms with Crippen molar-refractivity contribution in [2.24, 2.45) is 10.9 Å². The molecular weight excluding hydrogens is 547 g/mol. The lowest BCUT2D eigenvalue weighted by molar-refractivity contribution is -0.139. The molecule has 2 aliphatic carbocycles. The highest BCUT2D eigenvalue weighted by atomic mass is 19.4. The second-order valence-corrected chi connectivity index (χ2v) is 9.86. The normalized spacial score (nSPS) is 20.3. The van der Waals surface area contributed by atoms with Crippen molar-refractivity contribution < 1.29 is 49.1 Å². The number of benzene rings is 1. The number of hydrogen-bond acceptors (Lipinski definition) is 3. The predicted molar refractivity (Wildman–Crippen MR) is 120 cm³/mol. The van der Waals surface area contributed by atoms with E-state index < -0.39 is 90.5 Å². The molecule has 2 amide bonds. The maximum absolute atomic E-state index is 15.5. The van der Waals surface area contributed by atoms with Crippen LogP contribution in [0.15, 0.2) is 17.1 Å². The topological polar surface area (TPSA) is 87.2 Å². The number of nitrogens with one attached hydrogen (secondary N) is 2. The van der Waals surface area contributed by atoms with Crippen molar-refractivity contribution in [3.05, 3.63) is 29.3 Å². The van der Waals surface area contributed by atoms with Gasteiger partial charge in [-0.25, -0.2) is 36.3 Å². The first-order valence-corrected chi connectivity index (χ1v) is 12.1. The van der Waals surface area contributed by atoms with Gasteiger partial charge in [0, 0.05) is 30.7 Å². The molecule has 15 heteroatoms. The van der Waals surface area contributed by atoms with Crippen LogP contribution in [0.3, 0.4) is 0 Å². The van der Waals surface area contributed by atoms with Crippen LogP contribution in [0.1, 0.15) is 62.3 Å². The summed E-state index contributed by atoms with van der Waals surface area (Å²) in [7, 11) is 0. The SMILES string of the molecule is O=C(NCC(F)(F)F)[C@@H](CC(F)F)c1ccc2[nH]c(C(=NC(=O)C3(F)CC3)C3CCC(F)(F)CC3)nc2c1F. The van der Waals surface area contributed by atoms with Crippen LogP contribution in [-0.2, 0) is 9.59 Å². The molecule has 2 aliphatic rings. The van der Waals surface area contributed by atoms with Gasteiger partial charge in [0.15, 0.2) is 17.3 Å². The van der Waals surface area contributed by atoms with E-state index in [0.29, 0.717) is 0 Å². The lowest BCUT2D eigenvalue weighted by atomic mass is 9.83. The molecule has 1 aromatic carbocycles. The van der Waals surface area contributed by atoms with Crippen molar-refractivity contribution >= 4 is 28.6 Å². The van der Waals surface area contributed by atoms with E-state index in [-0.39, 0.29) is 42.7 Å². The Hall–Kier alpha value is -3.13. The second-order valence-electron chi connectivity index (χ2n) is 9.86. The summed E-state index contributed by atoms with van der Waals surface area (Å²) in [6, 6.07) is 2.08. The van der Waals surface area contributed by atoms with E-state index in [1.54, 1.807) is 0 Å². The minimum absolute atomic E-state index is 0.0552. The van der Waals surface area contributed by atoms with Gasteiger partial charge in [-0.2, -0.15) is 13.2 Å². The fraction of sp³-hybridized carbons (Fsp3) is 0.583. The highest BCUT2D eigenvalue weighted by Gasteiger charge is 2.51. The van der Waals surface area contributed by atoms with Gasteiger partial charge in [-0.3, -0.25) is 9.59 Å². The highest BCUT2D eigenvalue weighted by molar-refractivity contribution is 6.09. The number of carbonyl (C=O) groups is 2. The van der Waals surface area contributed by atoms with Crippen molar-refractivity contribution in [1.82, 2.24) is 15.3 Å². The van der Waals surface area contributed by atoms with Gasteiger partial charge in [0.05, 0.1) is 17.1 Å². The van der Waals surface area contributed by atoms with Gasteiger partial charge < -0.3 is 10.3 Å². The number of aliphatic imine (C=N–C) groups is 1. The summed E-state index contributed by atoms with van der Waals surface area (Å²) >= 11 is 0. The third kappa shape index (κ3) is 6.72. The zero-order valence-electron chi connectivity index (χ0n) is 20.2. The van der Waals surface area contributed by atoms with Gasteiger partial charge in [0.1, 0.15) is 12.1 Å². The summed E-state index contributed by atoms with van der Waals surface area (Å²) in [6.45, 7) is -1.81. The van der Waals surface area contributed by atoms with Gasteiger partial charge in [-0.15, -0.1) is 0 Å². The number of amides is 2. The predicted octanol–water partition coefficient (Wildman–Crippen LogP) is 5.76. The Labute approximate surface area is 215 Å². The number of fused-ring (bicyclic) bond motifs is 1. The molecule has 2 saturated carbocycles.